The predicted octanol–water partition coefficient (Wildman–Crippen LogP) is 0.0548. The molecule has 0 bridgehead atoms. The highest BCUT2D eigenvalue weighted by Gasteiger charge is 2.37. The van der Waals surface area contributed by atoms with Gasteiger partial charge < -0.3 is 11.1 Å². The molecule has 96 valence electrons. The van der Waals surface area contributed by atoms with Gasteiger partial charge in [0.15, 0.2) is 9.84 Å². The van der Waals surface area contributed by atoms with Crippen molar-refractivity contribution >= 4 is 15.7 Å². The number of carbonyl (C=O) groups is 1. The smallest absolute Gasteiger partial charge is 0.240 e. The molecule has 0 saturated carbocycles. The van der Waals surface area contributed by atoms with E-state index in [2.05, 4.69) is 5.32 Å². The number of nitrogens with one attached hydrogen (secondary N) is 1. The fourth-order valence-electron chi connectivity index (χ4n) is 1.03. The topological polar surface area (TPSA) is 89.3 Å². The van der Waals surface area contributed by atoms with Crippen molar-refractivity contribution in [3.63, 3.8) is 0 Å². The molecule has 5 nitrogen and oxygen atoms in total. The molecule has 0 saturated heterocycles. The zero-order valence-electron chi connectivity index (χ0n) is 10.2. The SMILES string of the molecule is CC(C)(C(=O)NCCCCCN)S(C)(=O)=O. The first kappa shape index (κ1) is 15.4. The van der Waals surface area contributed by atoms with E-state index in [1.54, 1.807) is 0 Å². The third-order valence-corrected chi connectivity index (χ3v) is 4.68. The molecule has 0 aliphatic rings. The van der Waals surface area contributed by atoms with Gasteiger partial charge in [-0.25, -0.2) is 8.42 Å². The number of unbranched alkanes of at least 4 members (excludes halogenated alkanes) is 2. The van der Waals surface area contributed by atoms with Crippen LogP contribution in [0, 0.1) is 0 Å². The maximum absolute atomic E-state index is 11.6. The van der Waals surface area contributed by atoms with Crippen LogP contribution in [0.15, 0.2) is 0 Å². The molecular weight excluding hydrogens is 228 g/mol. The largest absolute Gasteiger partial charge is 0.355 e. The van der Waals surface area contributed by atoms with Gasteiger partial charge in [-0.2, -0.15) is 0 Å². The van der Waals surface area contributed by atoms with Gasteiger partial charge in [0.25, 0.3) is 0 Å². The molecule has 6 heteroatoms. The average molecular weight is 250 g/mol. The molecule has 0 aromatic rings. The third-order valence-electron chi connectivity index (χ3n) is 2.64. The summed E-state index contributed by atoms with van der Waals surface area (Å²) < 4.78 is 21.3. The van der Waals surface area contributed by atoms with Crippen LogP contribution in [0.2, 0.25) is 0 Å². The first-order chi connectivity index (χ1) is 7.23. The Morgan fingerprint density at radius 2 is 1.81 bits per heavy atom. The quantitative estimate of drug-likeness (QED) is 0.625. The Bertz CT molecular complexity index is 323. The molecule has 3 N–H and O–H groups in total. The van der Waals surface area contributed by atoms with E-state index >= 15 is 0 Å². The molecule has 0 heterocycles. The Hall–Kier alpha value is -0.620. The molecule has 16 heavy (non-hydrogen) atoms. The van der Waals surface area contributed by atoms with Crippen molar-refractivity contribution < 1.29 is 13.2 Å². The van der Waals surface area contributed by atoms with E-state index in [4.69, 9.17) is 5.73 Å². The summed E-state index contributed by atoms with van der Waals surface area (Å²) in [6, 6.07) is 0. The molecule has 0 spiro atoms. The number of sulfone groups is 1. The van der Waals surface area contributed by atoms with Crippen LogP contribution >= 0.6 is 0 Å². The number of amides is 1. The molecule has 0 rings (SSSR count). The van der Waals surface area contributed by atoms with Crippen molar-refractivity contribution in [1.29, 1.82) is 0 Å². The highest BCUT2D eigenvalue weighted by Crippen LogP contribution is 2.14. The minimum Gasteiger partial charge on any atom is -0.355 e. The van der Waals surface area contributed by atoms with E-state index in [1.165, 1.54) is 13.8 Å². The monoisotopic (exact) mass is 250 g/mol. The number of hydrogen-bond acceptors (Lipinski definition) is 4. The van der Waals surface area contributed by atoms with Crippen LogP contribution in [0.25, 0.3) is 0 Å². The fraction of sp³-hybridized carbons (Fsp3) is 0.900. The van der Waals surface area contributed by atoms with Crippen molar-refractivity contribution in [2.45, 2.75) is 37.9 Å². The second-order valence-electron chi connectivity index (χ2n) is 4.39. The van der Waals surface area contributed by atoms with E-state index < -0.39 is 20.5 Å². The average Bonchev–Trinajstić information content (AvgIpc) is 2.15. The molecule has 0 aromatic carbocycles. The van der Waals surface area contributed by atoms with Crippen molar-refractivity contribution in [2.75, 3.05) is 19.3 Å². The summed E-state index contributed by atoms with van der Waals surface area (Å²) in [5.41, 5.74) is 5.33. The number of hydrogen-bond donors (Lipinski definition) is 2. The summed E-state index contributed by atoms with van der Waals surface area (Å²) in [4.78, 5) is 11.6. The van der Waals surface area contributed by atoms with Crippen molar-refractivity contribution in [1.82, 2.24) is 5.32 Å². The fourth-order valence-corrected chi connectivity index (χ4v) is 1.44. The zero-order chi connectivity index (χ0) is 12.8. The van der Waals surface area contributed by atoms with Crippen molar-refractivity contribution in [2.24, 2.45) is 5.73 Å². The molecular formula is C10H22N2O3S. The maximum Gasteiger partial charge on any atom is 0.240 e. The van der Waals surface area contributed by atoms with Crippen molar-refractivity contribution in [3.8, 4) is 0 Å². The first-order valence-corrected chi connectivity index (χ1v) is 7.30. The summed E-state index contributed by atoms with van der Waals surface area (Å²) in [5, 5.41) is 2.63. The lowest BCUT2D eigenvalue weighted by atomic mass is 10.2. The van der Waals surface area contributed by atoms with Gasteiger partial charge in [-0.05, 0) is 33.2 Å². The van der Waals surface area contributed by atoms with Gasteiger partial charge in [-0.15, -0.1) is 0 Å². The number of nitrogens with two attached hydrogens (primary N) is 1. The van der Waals surface area contributed by atoms with E-state index in [1.807, 2.05) is 0 Å². The second-order valence-corrected chi connectivity index (χ2v) is 6.95. The van der Waals surface area contributed by atoms with Crippen LogP contribution in [0.5, 0.6) is 0 Å². The van der Waals surface area contributed by atoms with E-state index in [9.17, 15) is 13.2 Å². The zero-order valence-corrected chi connectivity index (χ0v) is 11.1. The third kappa shape index (κ3) is 4.49. The van der Waals surface area contributed by atoms with Crippen LogP contribution in [0.3, 0.4) is 0 Å². The van der Waals surface area contributed by atoms with E-state index in [-0.39, 0.29) is 0 Å². The van der Waals surface area contributed by atoms with Gasteiger partial charge in [-0.3, -0.25) is 4.79 Å². The van der Waals surface area contributed by atoms with Gasteiger partial charge in [0.1, 0.15) is 4.75 Å². The molecule has 0 fully saturated rings. The summed E-state index contributed by atoms with van der Waals surface area (Å²) in [6.45, 7) is 3.97. The Balaban J connectivity index is 4.08. The molecule has 0 aliphatic heterocycles. The first-order valence-electron chi connectivity index (χ1n) is 5.41. The minimum atomic E-state index is -3.38. The second kappa shape index (κ2) is 6.20. The molecule has 0 radical (unpaired) electrons. The van der Waals surface area contributed by atoms with Crippen LogP contribution in [0.4, 0.5) is 0 Å². The lowest BCUT2D eigenvalue weighted by molar-refractivity contribution is -0.122. The minimum absolute atomic E-state index is 0.442. The summed E-state index contributed by atoms with van der Waals surface area (Å²) in [7, 11) is -3.38. The highest BCUT2D eigenvalue weighted by atomic mass is 32.2. The molecule has 0 aromatic heterocycles. The summed E-state index contributed by atoms with van der Waals surface area (Å²) in [6.07, 6.45) is 3.76. The van der Waals surface area contributed by atoms with Crippen LogP contribution in [-0.2, 0) is 14.6 Å². The van der Waals surface area contributed by atoms with Crippen molar-refractivity contribution in [3.05, 3.63) is 0 Å². The van der Waals surface area contributed by atoms with Gasteiger partial charge in [0.05, 0.1) is 0 Å². The Morgan fingerprint density at radius 1 is 1.25 bits per heavy atom. The van der Waals surface area contributed by atoms with E-state index in [0.717, 1.165) is 25.5 Å². The summed E-state index contributed by atoms with van der Waals surface area (Å²) >= 11 is 0. The lowest BCUT2D eigenvalue weighted by Gasteiger charge is -2.21. The van der Waals surface area contributed by atoms with Gasteiger partial charge >= 0.3 is 0 Å². The highest BCUT2D eigenvalue weighted by molar-refractivity contribution is 7.92. The Morgan fingerprint density at radius 3 is 2.25 bits per heavy atom. The predicted molar refractivity (Wildman–Crippen MR) is 64.8 cm³/mol. The number of carbonyl (C=O) groups excluding carboxylic acids is 1. The molecule has 1 amide bonds. The molecule has 0 unspecified atom stereocenters. The van der Waals surface area contributed by atoms with Gasteiger partial charge in [0, 0.05) is 12.8 Å². The van der Waals surface area contributed by atoms with Crippen LogP contribution in [-0.4, -0.2) is 38.4 Å². The lowest BCUT2D eigenvalue weighted by Crippen LogP contribution is -2.47. The van der Waals surface area contributed by atoms with Crippen LogP contribution < -0.4 is 11.1 Å². The summed E-state index contributed by atoms with van der Waals surface area (Å²) in [5.74, 6) is -0.442. The number of rotatable bonds is 7. The normalized spacial score (nSPS) is 12.5. The molecule has 0 aliphatic carbocycles. The standard InChI is InChI=1S/C10H22N2O3S/c1-10(2,16(3,14)15)9(13)12-8-6-4-5-7-11/h4-8,11H2,1-3H3,(H,12,13). The van der Waals surface area contributed by atoms with Crippen LogP contribution in [0.1, 0.15) is 33.1 Å². The Kier molecular flexibility index (Phi) is 5.96. The van der Waals surface area contributed by atoms with E-state index in [0.29, 0.717) is 13.1 Å². The Labute approximate surface area is 97.7 Å². The maximum atomic E-state index is 11.6. The van der Waals surface area contributed by atoms with Gasteiger partial charge in [0.2, 0.25) is 5.91 Å². The van der Waals surface area contributed by atoms with Gasteiger partial charge in [-0.1, -0.05) is 6.42 Å². The molecule has 0 atom stereocenters.